The minimum absolute atomic E-state index is 0. The van der Waals surface area contributed by atoms with Crippen molar-refractivity contribution in [2.75, 3.05) is 20.2 Å². The molecule has 0 saturated heterocycles. The van der Waals surface area contributed by atoms with Crippen molar-refractivity contribution in [3.63, 3.8) is 0 Å². The van der Waals surface area contributed by atoms with E-state index in [9.17, 15) is 4.79 Å². The molecule has 2 rings (SSSR count). The van der Waals surface area contributed by atoms with Gasteiger partial charge in [-0.05, 0) is 25.1 Å². The van der Waals surface area contributed by atoms with Crippen LogP contribution in [-0.2, 0) is 6.54 Å². The van der Waals surface area contributed by atoms with Gasteiger partial charge in [0.2, 0.25) is 0 Å². The Balaban J connectivity index is 0.00000242. The van der Waals surface area contributed by atoms with Gasteiger partial charge in [0.05, 0.1) is 18.7 Å². The Kier molecular flexibility index (Phi) is 6.95. The van der Waals surface area contributed by atoms with Gasteiger partial charge in [0.15, 0.2) is 0 Å². The molecule has 0 radical (unpaired) electrons. The largest absolute Gasteiger partial charge is 0.492 e. The lowest BCUT2D eigenvalue weighted by molar-refractivity contribution is 0.0773. The van der Waals surface area contributed by atoms with E-state index >= 15 is 0 Å². The van der Waals surface area contributed by atoms with E-state index in [1.807, 2.05) is 31.2 Å². The average Bonchev–Trinajstić information content (AvgIpc) is 2.97. The second-order valence-corrected chi connectivity index (χ2v) is 4.89. The molecule has 0 atom stereocenters. The van der Waals surface area contributed by atoms with Crippen molar-refractivity contribution in [1.82, 2.24) is 4.90 Å². The fourth-order valence-corrected chi connectivity index (χ4v) is 1.86. The van der Waals surface area contributed by atoms with Crippen LogP contribution in [0.1, 0.15) is 21.7 Å². The minimum Gasteiger partial charge on any atom is -0.492 e. The summed E-state index contributed by atoms with van der Waals surface area (Å²) in [6.07, 6.45) is 1.43. The van der Waals surface area contributed by atoms with Crippen LogP contribution < -0.4 is 10.5 Å². The molecular weight excluding hydrogens is 304 g/mol. The molecule has 2 aromatic rings. The highest BCUT2D eigenvalue weighted by atomic mass is 35.5. The van der Waals surface area contributed by atoms with Crippen molar-refractivity contribution >= 4 is 18.3 Å². The first-order valence-corrected chi connectivity index (χ1v) is 6.82. The number of likely N-dealkylation sites (N-methyl/N-ethyl adjacent to an activating group) is 1. The number of rotatable bonds is 6. The standard InChI is InChI=1S/C16H20N2O3.ClH/c1-12-3-5-14(6-4-12)20-8-7-18(2)16(19)13-9-15(10-17)21-11-13;/h3-6,9,11H,7-8,10,17H2,1-2H3;1H. The molecule has 0 aliphatic rings. The molecule has 120 valence electrons. The zero-order valence-corrected chi connectivity index (χ0v) is 13.6. The molecule has 5 nitrogen and oxygen atoms in total. The summed E-state index contributed by atoms with van der Waals surface area (Å²) in [5.41, 5.74) is 7.15. The quantitative estimate of drug-likeness (QED) is 0.887. The first kappa shape index (κ1) is 18.1. The predicted molar refractivity (Wildman–Crippen MR) is 87.5 cm³/mol. The van der Waals surface area contributed by atoms with Gasteiger partial charge < -0.3 is 19.8 Å². The Morgan fingerprint density at radius 1 is 1.32 bits per heavy atom. The Labute approximate surface area is 136 Å². The van der Waals surface area contributed by atoms with Crippen LogP contribution >= 0.6 is 12.4 Å². The summed E-state index contributed by atoms with van der Waals surface area (Å²) in [6.45, 7) is 3.24. The van der Waals surface area contributed by atoms with Gasteiger partial charge in [-0.1, -0.05) is 17.7 Å². The molecule has 0 saturated carbocycles. The molecule has 2 N–H and O–H groups in total. The molecule has 0 aliphatic heterocycles. The summed E-state index contributed by atoms with van der Waals surface area (Å²) in [5.74, 6) is 1.30. The maximum Gasteiger partial charge on any atom is 0.256 e. The van der Waals surface area contributed by atoms with Gasteiger partial charge in [0.1, 0.15) is 24.4 Å². The third-order valence-electron chi connectivity index (χ3n) is 3.16. The molecule has 1 heterocycles. The summed E-state index contributed by atoms with van der Waals surface area (Å²) in [6, 6.07) is 9.48. The van der Waals surface area contributed by atoms with Crippen molar-refractivity contribution in [2.24, 2.45) is 5.73 Å². The number of benzene rings is 1. The number of amides is 1. The van der Waals surface area contributed by atoms with Crippen LogP contribution in [0, 0.1) is 6.92 Å². The third-order valence-corrected chi connectivity index (χ3v) is 3.16. The van der Waals surface area contributed by atoms with Crippen molar-refractivity contribution < 1.29 is 13.9 Å². The molecule has 1 aromatic heterocycles. The van der Waals surface area contributed by atoms with E-state index in [0.29, 0.717) is 24.5 Å². The second-order valence-electron chi connectivity index (χ2n) is 4.89. The van der Waals surface area contributed by atoms with Crippen LogP contribution in [0.3, 0.4) is 0 Å². The molecular formula is C16H21ClN2O3. The SMILES string of the molecule is Cc1ccc(OCCN(C)C(=O)c2coc(CN)c2)cc1.Cl. The van der Waals surface area contributed by atoms with Crippen LogP contribution in [-0.4, -0.2) is 31.0 Å². The number of hydrogen-bond acceptors (Lipinski definition) is 4. The Bertz CT molecular complexity index is 596. The highest BCUT2D eigenvalue weighted by molar-refractivity contribution is 5.93. The number of carbonyl (C=O) groups is 1. The molecule has 0 unspecified atom stereocenters. The van der Waals surface area contributed by atoms with Crippen molar-refractivity contribution in [3.05, 3.63) is 53.5 Å². The van der Waals surface area contributed by atoms with E-state index in [4.69, 9.17) is 14.9 Å². The number of nitrogens with two attached hydrogens (primary N) is 1. The molecule has 1 aromatic carbocycles. The number of furan rings is 1. The van der Waals surface area contributed by atoms with E-state index < -0.39 is 0 Å². The van der Waals surface area contributed by atoms with Gasteiger partial charge >= 0.3 is 0 Å². The Hall–Kier alpha value is -1.98. The zero-order chi connectivity index (χ0) is 15.2. The molecule has 0 aliphatic carbocycles. The number of nitrogens with zero attached hydrogens (tertiary/aromatic N) is 1. The van der Waals surface area contributed by atoms with Crippen LogP contribution in [0.15, 0.2) is 41.0 Å². The van der Waals surface area contributed by atoms with Crippen LogP contribution in [0.4, 0.5) is 0 Å². The van der Waals surface area contributed by atoms with Crippen molar-refractivity contribution in [1.29, 1.82) is 0 Å². The van der Waals surface area contributed by atoms with E-state index in [1.165, 1.54) is 11.8 Å². The lowest BCUT2D eigenvalue weighted by atomic mass is 10.2. The Morgan fingerprint density at radius 3 is 2.59 bits per heavy atom. The molecule has 6 heteroatoms. The molecule has 0 bridgehead atoms. The summed E-state index contributed by atoms with van der Waals surface area (Å²) in [7, 11) is 1.73. The minimum atomic E-state index is -0.106. The number of ether oxygens (including phenoxy) is 1. The van der Waals surface area contributed by atoms with E-state index in [-0.39, 0.29) is 24.9 Å². The molecule has 0 spiro atoms. The average molecular weight is 325 g/mol. The monoisotopic (exact) mass is 324 g/mol. The highest BCUT2D eigenvalue weighted by Gasteiger charge is 2.14. The van der Waals surface area contributed by atoms with Crippen LogP contribution in [0.2, 0.25) is 0 Å². The van der Waals surface area contributed by atoms with Gasteiger partial charge in [-0.2, -0.15) is 0 Å². The maximum atomic E-state index is 12.1. The first-order chi connectivity index (χ1) is 10.1. The third kappa shape index (κ3) is 4.79. The normalized spacial score (nSPS) is 9.95. The summed E-state index contributed by atoms with van der Waals surface area (Å²) in [4.78, 5) is 13.7. The topological polar surface area (TPSA) is 68.7 Å². The van der Waals surface area contributed by atoms with Crippen LogP contribution in [0.25, 0.3) is 0 Å². The van der Waals surface area contributed by atoms with Gasteiger partial charge in [-0.25, -0.2) is 0 Å². The first-order valence-electron chi connectivity index (χ1n) is 6.82. The van der Waals surface area contributed by atoms with Gasteiger partial charge in [-0.15, -0.1) is 12.4 Å². The summed E-state index contributed by atoms with van der Waals surface area (Å²) >= 11 is 0. The van der Waals surface area contributed by atoms with Crippen LogP contribution in [0.5, 0.6) is 5.75 Å². The maximum absolute atomic E-state index is 12.1. The second kappa shape index (κ2) is 8.46. The predicted octanol–water partition coefficient (Wildman–Crippen LogP) is 2.62. The lowest BCUT2D eigenvalue weighted by Gasteiger charge is -2.16. The lowest BCUT2D eigenvalue weighted by Crippen LogP contribution is -2.30. The van der Waals surface area contributed by atoms with E-state index in [0.717, 1.165) is 5.75 Å². The van der Waals surface area contributed by atoms with E-state index in [1.54, 1.807) is 18.0 Å². The summed E-state index contributed by atoms with van der Waals surface area (Å²) in [5, 5.41) is 0. The number of carbonyl (C=O) groups excluding carboxylic acids is 1. The number of halogens is 1. The highest BCUT2D eigenvalue weighted by Crippen LogP contribution is 2.12. The van der Waals surface area contributed by atoms with Gasteiger partial charge in [-0.3, -0.25) is 4.79 Å². The fraction of sp³-hybridized carbons (Fsp3) is 0.312. The van der Waals surface area contributed by atoms with Crippen molar-refractivity contribution in [2.45, 2.75) is 13.5 Å². The van der Waals surface area contributed by atoms with E-state index in [2.05, 4.69) is 0 Å². The van der Waals surface area contributed by atoms with Crippen molar-refractivity contribution in [3.8, 4) is 5.75 Å². The van der Waals surface area contributed by atoms with Gasteiger partial charge in [0.25, 0.3) is 5.91 Å². The smallest absolute Gasteiger partial charge is 0.256 e. The zero-order valence-electron chi connectivity index (χ0n) is 12.7. The summed E-state index contributed by atoms with van der Waals surface area (Å²) < 4.78 is 10.8. The molecule has 1 amide bonds. The number of hydrogen-bond donors (Lipinski definition) is 1. The fourth-order valence-electron chi connectivity index (χ4n) is 1.86. The Morgan fingerprint density at radius 2 is 2.00 bits per heavy atom. The number of aryl methyl sites for hydroxylation is 1. The van der Waals surface area contributed by atoms with Gasteiger partial charge in [0, 0.05) is 7.05 Å². The molecule has 0 fully saturated rings. The molecule has 22 heavy (non-hydrogen) atoms.